The van der Waals surface area contributed by atoms with Crippen LogP contribution in [-0.2, 0) is 0 Å². The van der Waals surface area contributed by atoms with Gasteiger partial charge in [0.05, 0.1) is 6.42 Å². The molecule has 1 aliphatic heterocycles. The summed E-state index contributed by atoms with van der Waals surface area (Å²) in [6, 6.07) is 0. The van der Waals surface area contributed by atoms with E-state index in [9.17, 15) is 13.2 Å². The third-order valence-corrected chi connectivity index (χ3v) is 3.27. The summed E-state index contributed by atoms with van der Waals surface area (Å²) in [5, 5.41) is 3.22. The van der Waals surface area contributed by atoms with Crippen molar-refractivity contribution in [1.29, 1.82) is 0 Å². The molecule has 0 bridgehead atoms. The first-order chi connectivity index (χ1) is 6.85. The second-order valence-electron chi connectivity index (χ2n) is 4.52. The summed E-state index contributed by atoms with van der Waals surface area (Å²) in [6.07, 6.45) is -2.88. The fraction of sp³-hybridized carbons (Fsp3) is 1.00. The first kappa shape index (κ1) is 12.8. The van der Waals surface area contributed by atoms with Gasteiger partial charge in [0, 0.05) is 12.1 Å². The minimum Gasteiger partial charge on any atom is -0.314 e. The molecule has 0 unspecified atom stereocenters. The van der Waals surface area contributed by atoms with Crippen LogP contribution in [0.3, 0.4) is 0 Å². The highest BCUT2D eigenvalue weighted by Crippen LogP contribution is 2.24. The Bertz CT molecular complexity index is 195. The molecule has 0 radical (unpaired) electrons. The van der Waals surface area contributed by atoms with E-state index in [2.05, 4.69) is 12.2 Å². The van der Waals surface area contributed by atoms with E-state index in [-0.39, 0.29) is 12.1 Å². The Hall–Kier alpha value is -0.290. The molecule has 15 heavy (non-hydrogen) atoms. The Morgan fingerprint density at radius 2 is 1.80 bits per heavy atom. The predicted octanol–water partition coefficient (Wildman–Crippen LogP) is 2.01. The van der Waals surface area contributed by atoms with Crippen LogP contribution in [0, 0.1) is 0 Å². The summed E-state index contributed by atoms with van der Waals surface area (Å²) in [5.74, 6) is 0. The highest BCUT2D eigenvalue weighted by Gasteiger charge is 2.31. The van der Waals surface area contributed by atoms with Gasteiger partial charge in [-0.05, 0) is 39.9 Å². The molecule has 0 aromatic heterocycles. The topological polar surface area (TPSA) is 15.3 Å². The molecule has 1 rings (SSSR count). The van der Waals surface area contributed by atoms with Crippen LogP contribution in [0.5, 0.6) is 0 Å². The summed E-state index contributed by atoms with van der Waals surface area (Å²) in [6.45, 7) is 3.78. The first-order valence-corrected chi connectivity index (χ1v) is 5.33. The van der Waals surface area contributed by atoms with Gasteiger partial charge in [0.2, 0.25) is 0 Å². The first-order valence-electron chi connectivity index (χ1n) is 5.33. The lowest BCUT2D eigenvalue weighted by Gasteiger charge is -2.39. The molecule has 0 aromatic carbocycles. The number of halogens is 3. The van der Waals surface area contributed by atoms with Crippen molar-refractivity contribution in [3.63, 3.8) is 0 Å². The van der Waals surface area contributed by atoms with Gasteiger partial charge >= 0.3 is 6.18 Å². The van der Waals surface area contributed by atoms with E-state index in [4.69, 9.17) is 0 Å². The van der Waals surface area contributed by atoms with E-state index in [1.807, 2.05) is 11.9 Å². The van der Waals surface area contributed by atoms with E-state index in [1.54, 1.807) is 0 Å². The van der Waals surface area contributed by atoms with Crippen molar-refractivity contribution in [3.8, 4) is 0 Å². The minimum atomic E-state index is -4.02. The van der Waals surface area contributed by atoms with Gasteiger partial charge in [-0.25, -0.2) is 0 Å². The molecular formula is C10H19F3N2. The number of nitrogens with zero attached hydrogens (tertiary/aromatic N) is 1. The highest BCUT2D eigenvalue weighted by molar-refractivity contribution is 4.88. The summed E-state index contributed by atoms with van der Waals surface area (Å²) in [5.41, 5.74) is 0.106. The zero-order valence-electron chi connectivity index (χ0n) is 9.32. The van der Waals surface area contributed by atoms with E-state index in [0.717, 1.165) is 25.9 Å². The fourth-order valence-electron chi connectivity index (χ4n) is 1.81. The van der Waals surface area contributed by atoms with Gasteiger partial charge in [-0.15, -0.1) is 0 Å². The third kappa shape index (κ3) is 4.38. The van der Waals surface area contributed by atoms with Crippen LogP contribution < -0.4 is 5.32 Å². The van der Waals surface area contributed by atoms with Crippen molar-refractivity contribution in [2.45, 2.75) is 37.9 Å². The van der Waals surface area contributed by atoms with Crippen molar-refractivity contribution in [2.75, 3.05) is 26.7 Å². The fourth-order valence-corrected chi connectivity index (χ4v) is 1.81. The maximum atomic E-state index is 12.0. The lowest BCUT2D eigenvalue weighted by Crippen LogP contribution is -2.50. The molecule has 0 amide bonds. The molecular weight excluding hydrogens is 205 g/mol. The van der Waals surface area contributed by atoms with Crippen LogP contribution in [-0.4, -0.2) is 43.3 Å². The van der Waals surface area contributed by atoms with Crippen molar-refractivity contribution in [2.24, 2.45) is 0 Å². The third-order valence-electron chi connectivity index (χ3n) is 3.27. The maximum absolute atomic E-state index is 12.0. The van der Waals surface area contributed by atoms with Gasteiger partial charge in [0.25, 0.3) is 0 Å². The number of alkyl halides is 3. The van der Waals surface area contributed by atoms with Crippen molar-refractivity contribution >= 4 is 0 Å². The minimum absolute atomic E-state index is 0.106. The second kappa shape index (κ2) is 4.70. The number of nitrogens with one attached hydrogen (secondary N) is 1. The molecule has 1 N–H and O–H groups in total. The van der Waals surface area contributed by atoms with E-state index in [1.165, 1.54) is 0 Å². The molecule has 90 valence electrons. The molecule has 1 fully saturated rings. The molecule has 1 saturated heterocycles. The summed E-state index contributed by atoms with van der Waals surface area (Å²) in [7, 11) is 1.91. The standard InChI is InChI=1S/C10H19F3N2/c1-9(14-2)3-6-15(7-4-9)8-5-10(11,12)13/h14H,3-8H2,1-2H3. The number of likely N-dealkylation sites (tertiary alicyclic amines) is 1. The van der Waals surface area contributed by atoms with Crippen LogP contribution in [0.25, 0.3) is 0 Å². The number of hydrogen-bond acceptors (Lipinski definition) is 2. The molecule has 0 saturated carbocycles. The number of piperidine rings is 1. The second-order valence-corrected chi connectivity index (χ2v) is 4.52. The zero-order valence-corrected chi connectivity index (χ0v) is 9.32. The summed E-state index contributed by atoms with van der Waals surface area (Å²) in [4.78, 5) is 1.90. The Morgan fingerprint density at radius 1 is 1.27 bits per heavy atom. The molecule has 0 spiro atoms. The van der Waals surface area contributed by atoms with E-state index < -0.39 is 12.6 Å². The molecule has 0 aliphatic carbocycles. The monoisotopic (exact) mass is 224 g/mol. The van der Waals surface area contributed by atoms with Gasteiger partial charge < -0.3 is 10.2 Å². The Morgan fingerprint density at radius 3 is 2.20 bits per heavy atom. The smallest absolute Gasteiger partial charge is 0.314 e. The Balaban J connectivity index is 2.26. The molecule has 1 heterocycles. The van der Waals surface area contributed by atoms with Gasteiger partial charge in [-0.2, -0.15) is 13.2 Å². The van der Waals surface area contributed by atoms with Crippen LogP contribution in [0.15, 0.2) is 0 Å². The van der Waals surface area contributed by atoms with Crippen LogP contribution >= 0.6 is 0 Å². The van der Waals surface area contributed by atoms with Gasteiger partial charge in [-0.1, -0.05) is 0 Å². The van der Waals surface area contributed by atoms with Crippen LogP contribution in [0.1, 0.15) is 26.2 Å². The molecule has 2 nitrogen and oxygen atoms in total. The largest absolute Gasteiger partial charge is 0.390 e. The van der Waals surface area contributed by atoms with Gasteiger partial charge in [-0.3, -0.25) is 0 Å². The van der Waals surface area contributed by atoms with Crippen LogP contribution in [0.4, 0.5) is 13.2 Å². The van der Waals surface area contributed by atoms with Gasteiger partial charge in [0.15, 0.2) is 0 Å². The lowest BCUT2D eigenvalue weighted by molar-refractivity contribution is -0.138. The highest BCUT2D eigenvalue weighted by atomic mass is 19.4. The maximum Gasteiger partial charge on any atom is 0.390 e. The predicted molar refractivity (Wildman–Crippen MR) is 53.8 cm³/mol. The van der Waals surface area contributed by atoms with Crippen molar-refractivity contribution in [3.05, 3.63) is 0 Å². The van der Waals surface area contributed by atoms with Crippen molar-refractivity contribution < 1.29 is 13.2 Å². The Kier molecular flexibility index (Phi) is 4.00. The zero-order chi connectivity index (χ0) is 11.5. The van der Waals surface area contributed by atoms with Crippen molar-refractivity contribution in [1.82, 2.24) is 10.2 Å². The summed E-state index contributed by atoms with van der Waals surface area (Å²) >= 11 is 0. The average Bonchev–Trinajstić information content (AvgIpc) is 2.16. The van der Waals surface area contributed by atoms with Gasteiger partial charge in [0.1, 0.15) is 0 Å². The molecule has 5 heteroatoms. The van der Waals surface area contributed by atoms with E-state index >= 15 is 0 Å². The molecule has 0 aromatic rings. The Labute approximate surface area is 88.8 Å². The number of hydrogen-bond donors (Lipinski definition) is 1. The summed E-state index contributed by atoms with van der Waals surface area (Å²) < 4.78 is 36.0. The van der Waals surface area contributed by atoms with Crippen LogP contribution in [0.2, 0.25) is 0 Å². The number of rotatable bonds is 3. The lowest BCUT2D eigenvalue weighted by atomic mass is 9.90. The quantitative estimate of drug-likeness (QED) is 0.789. The molecule has 0 atom stereocenters. The SMILES string of the molecule is CNC1(C)CCN(CCC(F)(F)F)CC1. The van der Waals surface area contributed by atoms with E-state index in [0.29, 0.717) is 0 Å². The molecule has 1 aliphatic rings. The normalized spacial score (nSPS) is 23.0. The average molecular weight is 224 g/mol.